The molecule has 2 heterocycles. The second-order valence-corrected chi connectivity index (χ2v) is 7.20. The van der Waals surface area contributed by atoms with E-state index in [0.29, 0.717) is 18.0 Å². The van der Waals surface area contributed by atoms with Crippen LogP contribution in [0.4, 0.5) is 0 Å². The van der Waals surface area contributed by atoms with E-state index in [1.165, 1.54) is 35.2 Å². The summed E-state index contributed by atoms with van der Waals surface area (Å²) in [6.45, 7) is 6.59. The second-order valence-electron chi connectivity index (χ2n) is 5.40. The third-order valence-electron chi connectivity index (χ3n) is 3.92. The van der Waals surface area contributed by atoms with Gasteiger partial charge in [0.2, 0.25) is 0 Å². The molecular weight excluding hydrogens is 308 g/mol. The Balaban J connectivity index is 2.35. The molecule has 1 aromatic rings. The summed E-state index contributed by atoms with van der Waals surface area (Å²) in [6.07, 6.45) is 3.87. The monoisotopic (exact) mass is 330 g/mol. The Kier molecular flexibility index (Phi) is 5.24. The number of nitrogens with zero attached hydrogens (tertiary/aromatic N) is 1. The molecule has 2 nitrogen and oxygen atoms in total. The zero-order valence-electron chi connectivity index (χ0n) is 11.2. The lowest BCUT2D eigenvalue weighted by Crippen LogP contribution is -2.39. The zero-order valence-corrected chi connectivity index (χ0v) is 13.6. The highest BCUT2D eigenvalue weighted by Crippen LogP contribution is 2.41. The third kappa shape index (κ3) is 2.98. The maximum absolute atomic E-state index is 6.04. The average molecular weight is 331 g/mol. The van der Waals surface area contributed by atoms with Crippen LogP contribution in [-0.2, 0) is 0 Å². The van der Waals surface area contributed by atoms with Gasteiger partial charge >= 0.3 is 0 Å². The molecule has 2 rings (SSSR count). The second kappa shape index (κ2) is 6.51. The van der Waals surface area contributed by atoms with E-state index in [4.69, 9.17) is 5.73 Å². The lowest BCUT2D eigenvalue weighted by Gasteiger charge is -2.37. The highest BCUT2D eigenvalue weighted by molar-refractivity contribution is 9.10. The minimum Gasteiger partial charge on any atom is -0.330 e. The van der Waals surface area contributed by atoms with Crippen molar-refractivity contribution in [2.45, 2.75) is 45.2 Å². The normalized spacial score (nSPS) is 26.5. The topological polar surface area (TPSA) is 29.3 Å². The molecule has 2 unspecified atom stereocenters. The summed E-state index contributed by atoms with van der Waals surface area (Å²) in [4.78, 5) is 4.10. The Hall–Kier alpha value is 0.100. The Morgan fingerprint density at radius 2 is 2.28 bits per heavy atom. The summed E-state index contributed by atoms with van der Waals surface area (Å²) in [5, 5.41) is 2.18. The van der Waals surface area contributed by atoms with Crippen molar-refractivity contribution in [3.8, 4) is 0 Å². The van der Waals surface area contributed by atoms with Crippen LogP contribution in [-0.4, -0.2) is 24.0 Å². The smallest absolute Gasteiger partial charge is 0.0495 e. The fraction of sp³-hybridized carbons (Fsp3) is 0.714. The van der Waals surface area contributed by atoms with E-state index in [-0.39, 0.29) is 0 Å². The van der Waals surface area contributed by atoms with E-state index in [2.05, 4.69) is 46.1 Å². The van der Waals surface area contributed by atoms with Crippen molar-refractivity contribution in [3.05, 3.63) is 20.8 Å². The number of rotatable bonds is 3. The molecule has 18 heavy (non-hydrogen) atoms. The first-order valence-electron chi connectivity index (χ1n) is 6.83. The first kappa shape index (κ1) is 14.5. The molecule has 0 aromatic carbocycles. The molecule has 0 bridgehead atoms. The number of hydrogen-bond acceptors (Lipinski definition) is 3. The number of halogens is 1. The largest absolute Gasteiger partial charge is 0.330 e. The van der Waals surface area contributed by atoms with Crippen LogP contribution in [0.3, 0.4) is 0 Å². The molecule has 0 saturated carbocycles. The van der Waals surface area contributed by atoms with Gasteiger partial charge in [-0.1, -0.05) is 6.42 Å². The molecule has 0 spiro atoms. The number of nitrogens with two attached hydrogens (primary N) is 1. The molecule has 102 valence electrons. The molecular formula is C14H23BrN2S. The van der Waals surface area contributed by atoms with E-state index in [1.807, 2.05) is 11.3 Å². The van der Waals surface area contributed by atoms with Crippen LogP contribution in [0.25, 0.3) is 0 Å². The van der Waals surface area contributed by atoms with E-state index in [1.54, 1.807) is 0 Å². The predicted molar refractivity (Wildman–Crippen MR) is 83.0 cm³/mol. The van der Waals surface area contributed by atoms with Crippen LogP contribution in [0, 0.1) is 5.92 Å². The first-order valence-corrected chi connectivity index (χ1v) is 8.51. The SMILES string of the molecule is CC(C)N1CCCCC(CN)C1c1sccc1Br. The minimum atomic E-state index is 0.492. The lowest BCUT2D eigenvalue weighted by atomic mass is 9.93. The van der Waals surface area contributed by atoms with Crippen LogP contribution in [0.2, 0.25) is 0 Å². The van der Waals surface area contributed by atoms with Gasteiger partial charge in [0.05, 0.1) is 0 Å². The van der Waals surface area contributed by atoms with Crippen molar-refractivity contribution in [1.82, 2.24) is 4.90 Å². The van der Waals surface area contributed by atoms with Crippen molar-refractivity contribution in [1.29, 1.82) is 0 Å². The Labute approximate surface area is 123 Å². The van der Waals surface area contributed by atoms with Gasteiger partial charge in [-0.2, -0.15) is 0 Å². The van der Waals surface area contributed by atoms with E-state index in [9.17, 15) is 0 Å². The van der Waals surface area contributed by atoms with Gasteiger partial charge in [-0.25, -0.2) is 0 Å². The summed E-state index contributed by atoms with van der Waals surface area (Å²) < 4.78 is 1.25. The molecule has 1 fully saturated rings. The minimum absolute atomic E-state index is 0.492. The fourth-order valence-corrected chi connectivity index (χ4v) is 4.80. The molecule has 1 aliphatic heterocycles. The lowest BCUT2D eigenvalue weighted by molar-refractivity contribution is 0.123. The molecule has 0 amide bonds. The molecule has 2 atom stereocenters. The maximum atomic E-state index is 6.04. The van der Waals surface area contributed by atoms with Crippen molar-refractivity contribution < 1.29 is 0 Å². The first-order chi connectivity index (χ1) is 8.65. The van der Waals surface area contributed by atoms with Gasteiger partial charge < -0.3 is 5.73 Å². The molecule has 0 radical (unpaired) electrons. The number of likely N-dealkylation sites (tertiary alicyclic amines) is 1. The van der Waals surface area contributed by atoms with Crippen LogP contribution < -0.4 is 5.73 Å². The number of hydrogen-bond donors (Lipinski definition) is 1. The third-order valence-corrected chi connectivity index (χ3v) is 5.87. The van der Waals surface area contributed by atoms with Crippen molar-refractivity contribution >= 4 is 27.3 Å². The molecule has 1 saturated heterocycles. The van der Waals surface area contributed by atoms with E-state index in [0.717, 1.165) is 6.54 Å². The molecule has 4 heteroatoms. The number of thiophene rings is 1. The van der Waals surface area contributed by atoms with Crippen LogP contribution in [0.5, 0.6) is 0 Å². The average Bonchev–Trinajstić information content (AvgIpc) is 2.64. The van der Waals surface area contributed by atoms with Crippen LogP contribution >= 0.6 is 27.3 Å². The molecule has 0 aliphatic carbocycles. The maximum Gasteiger partial charge on any atom is 0.0495 e. The standard InChI is InChI=1S/C14H23BrN2S/c1-10(2)17-7-4-3-5-11(9-16)13(17)14-12(15)6-8-18-14/h6,8,10-11,13H,3-5,7,9,16H2,1-2H3. The Morgan fingerprint density at radius 1 is 1.50 bits per heavy atom. The van der Waals surface area contributed by atoms with Crippen LogP contribution in [0.1, 0.15) is 44.0 Å². The summed E-state index contributed by atoms with van der Waals surface area (Å²) >= 11 is 5.57. The Bertz CT molecular complexity index is 378. The van der Waals surface area contributed by atoms with Crippen molar-refractivity contribution in [2.24, 2.45) is 11.7 Å². The summed E-state index contributed by atoms with van der Waals surface area (Å²) in [5.41, 5.74) is 6.04. The summed E-state index contributed by atoms with van der Waals surface area (Å²) in [5.74, 6) is 0.588. The highest BCUT2D eigenvalue weighted by atomic mass is 79.9. The summed E-state index contributed by atoms with van der Waals surface area (Å²) in [7, 11) is 0. The van der Waals surface area contributed by atoms with Crippen molar-refractivity contribution in [3.63, 3.8) is 0 Å². The summed E-state index contributed by atoms with van der Waals surface area (Å²) in [6, 6.07) is 3.24. The zero-order chi connectivity index (χ0) is 13.1. The van der Waals surface area contributed by atoms with Gasteiger partial charge in [0.25, 0.3) is 0 Å². The Morgan fingerprint density at radius 3 is 2.83 bits per heavy atom. The van der Waals surface area contributed by atoms with Gasteiger partial charge in [0.1, 0.15) is 0 Å². The van der Waals surface area contributed by atoms with E-state index < -0.39 is 0 Å². The predicted octanol–water partition coefficient (Wildman–Crippen LogP) is 4.02. The highest BCUT2D eigenvalue weighted by Gasteiger charge is 2.33. The van der Waals surface area contributed by atoms with Gasteiger partial charge in [-0.3, -0.25) is 4.90 Å². The quantitative estimate of drug-likeness (QED) is 0.906. The fourth-order valence-electron chi connectivity index (χ4n) is 2.98. The van der Waals surface area contributed by atoms with Gasteiger partial charge in [0.15, 0.2) is 0 Å². The van der Waals surface area contributed by atoms with Gasteiger partial charge in [-0.15, -0.1) is 11.3 Å². The van der Waals surface area contributed by atoms with Gasteiger partial charge in [-0.05, 0) is 73.1 Å². The van der Waals surface area contributed by atoms with E-state index >= 15 is 0 Å². The van der Waals surface area contributed by atoms with Crippen LogP contribution in [0.15, 0.2) is 15.9 Å². The molecule has 2 N–H and O–H groups in total. The van der Waals surface area contributed by atoms with Crippen molar-refractivity contribution in [2.75, 3.05) is 13.1 Å². The van der Waals surface area contributed by atoms with Gasteiger partial charge in [0, 0.05) is 21.4 Å². The molecule has 1 aromatic heterocycles. The molecule has 1 aliphatic rings.